The van der Waals surface area contributed by atoms with Crippen LogP contribution < -0.4 is 10.6 Å². The van der Waals surface area contributed by atoms with Gasteiger partial charge in [-0.25, -0.2) is 0 Å². The third kappa shape index (κ3) is 3.37. The van der Waals surface area contributed by atoms with Crippen molar-refractivity contribution in [2.45, 2.75) is 45.7 Å². The average molecular weight is 329 g/mol. The maximum Gasteiger partial charge on any atom is 0.253 e. The van der Waals surface area contributed by atoms with E-state index in [0.29, 0.717) is 25.1 Å². The Kier molecular flexibility index (Phi) is 4.74. The summed E-state index contributed by atoms with van der Waals surface area (Å²) in [5.74, 6) is 0.549. The lowest BCUT2D eigenvalue weighted by atomic mass is 10.1. The molecule has 0 unspecified atom stereocenters. The second kappa shape index (κ2) is 6.95. The second-order valence-electron chi connectivity index (χ2n) is 6.26. The van der Waals surface area contributed by atoms with E-state index in [4.69, 9.17) is 4.42 Å². The Labute approximate surface area is 141 Å². The van der Waals surface area contributed by atoms with Crippen LogP contribution >= 0.6 is 0 Å². The minimum Gasteiger partial charge on any atom is -0.467 e. The van der Waals surface area contributed by atoms with Crippen LogP contribution in [0.5, 0.6) is 0 Å². The van der Waals surface area contributed by atoms with E-state index < -0.39 is 6.04 Å². The molecule has 1 aliphatic rings. The fraction of sp³-hybridized carbons (Fsp3) is 0.444. The largest absolute Gasteiger partial charge is 0.467 e. The zero-order valence-corrected chi connectivity index (χ0v) is 14.1. The molecule has 0 spiro atoms. The normalized spacial score (nSPS) is 18.1. The van der Waals surface area contributed by atoms with E-state index in [1.165, 1.54) is 0 Å². The van der Waals surface area contributed by atoms with E-state index in [1.54, 1.807) is 6.26 Å². The van der Waals surface area contributed by atoms with Gasteiger partial charge >= 0.3 is 0 Å². The Morgan fingerprint density at radius 1 is 1.42 bits per heavy atom. The molecule has 2 aromatic heterocycles. The molecule has 2 N–H and O–H groups in total. The summed E-state index contributed by atoms with van der Waals surface area (Å²) in [6, 6.07) is 5.17. The molecular weight excluding hydrogens is 306 g/mol. The van der Waals surface area contributed by atoms with Crippen molar-refractivity contribution >= 4 is 11.8 Å². The first-order chi connectivity index (χ1) is 11.6. The summed E-state index contributed by atoms with van der Waals surface area (Å²) >= 11 is 0. The molecule has 2 amide bonds. The highest BCUT2D eigenvalue weighted by atomic mass is 16.3. The number of nitrogens with one attached hydrogen (secondary N) is 2. The molecule has 0 radical (unpaired) electrons. The molecular formula is C18H23N3O3. The van der Waals surface area contributed by atoms with E-state index in [0.717, 1.165) is 30.0 Å². The van der Waals surface area contributed by atoms with Crippen LogP contribution in [-0.4, -0.2) is 29.0 Å². The van der Waals surface area contributed by atoms with E-state index in [2.05, 4.69) is 10.6 Å². The number of aryl methyl sites for hydroxylation is 1. The van der Waals surface area contributed by atoms with Crippen LogP contribution in [0.2, 0.25) is 0 Å². The molecule has 0 bridgehead atoms. The standard InChI is InChI=1S/C18H23N3O3/c1-12-10-15(13(2)21(12)11-14-6-5-9-24-14)17(22)20-16-7-3-4-8-19-18(16)23/h5-6,9-10,16H,3-4,7-8,11H2,1-2H3,(H,19,23)(H,20,22)/t16-/m1/s1. The maximum absolute atomic E-state index is 12.6. The average Bonchev–Trinajstić information content (AvgIpc) is 3.11. The van der Waals surface area contributed by atoms with Crippen LogP contribution in [0.4, 0.5) is 0 Å². The van der Waals surface area contributed by atoms with Gasteiger partial charge in [-0.2, -0.15) is 0 Å². The molecule has 24 heavy (non-hydrogen) atoms. The topological polar surface area (TPSA) is 76.3 Å². The van der Waals surface area contributed by atoms with Crippen molar-refractivity contribution in [3.63, 3.8) is 0 Å². The first-order valence-electron chi connectivity index (χ1n) is 8.34. The Morgan fingerprint density at radius 2 is 2.25 bits per heavy atom. The lowest BCUT2D eigenvalue weighted by molar-refractivity contribution is -0.122. The van der Waals surface area contributed by atoms with Gasteiger partial charge in [0, 0.05) is 17.9 Å². The second-order valence-corrected chi connectivity index (χ2v) is 6.26. The number of carbonyl (C=O) groups is 2. The molecule has 0 aliphatic carbocycles. The minimum absolute atomic E-state index is 0.0924. The van der Waals surface area contributed by atoms with Gasteiger partial charge in [-0.05, 0) is 51.3 Å². The van der Waals surface area contributed by atoms with Crippen LogP contribution in [0.25, 0.3) is 0 Å². The number of furan rings is 1. The first-order valence-corrected chi connectivity index (χ1v) is 8.34. The van der Waals surface area contributed by atoms with E-state index in [-0.39, 0.29) is 11.8 Å². The Balaban J connectivity index is 1.76. The van der Waals surface area contributed by atoms with Crippen molar-refractivity contribution in [1.29, 1.82) is 0 Å². The minimum atomic E-state index is -0.451. The van der Waals surface area contributed by atoms with Crippen molar-refractivity contribution in [2.75, 3.05) is 6.54 Å². The van der Waals surface area contributed by atoms with Gasteiger partial charge in [0.05, 0.1) is 18.4 Å². The molecule has 6 nitrogen and oxygen atoms in total. The number of rotatable bonds is 4. The Bertz CT molecular complexity index is 731. The van der Waals surface area contributed by atoms with Crippen LogP contribution in [0.15, 0.2) is 28.9 Å². The predicted octanol–water partition coefficient (Wildman–Crippen LogP) is 2.14. The molecule has 3 heterocycles. The van der Waals surface area contributed by atoms with Crippen molar-refractivity contribution in [1.82, 2.24) is 15.2 Å². The van der Waals surface area contributed by atoms with Gasteiger partial charge < -0.3 is 19.6 Å². The summed E-state index contributed by atoms with van der Waals surface area (Å²) in [6.07, 6.45) is 4.21. The quantitative estimate of drug-likeness (QED) is 0.902. The zero-order valence-electron chi connectivity index (χ0n) is 14.1. The monoisotopic (exact) mass is 329 g/mol. The first kappa shape index (κ1) is 16.4. The lowest BCUT2D eigenvalue weighted by Gasteiger charge is -2.15. The number of hydrogen-bond donors (Lipinski definition) is 2. The van der Waals surface area contributed by atoms with Crippen LogP contribution in [0.3, 0.4) is 0 Å². The van der Waals surface area contributed by atoms with Crippen LogP contribution in [0.1, 0.15) is 46.8 Å². The Hall–Kier alpha value is -2.50. The van der Waals surface area contributed by atoms with E-state index in [1.807, 2.05) is 36.6 Å². The summed E-state index contributed by atoms with van der Waals surface area (Å²) in [5, 5.41) is 5.72. The van der Waals surface area contributed by atoms with Crippen LogP contribution in [-0.2, 0) is 11.3 Å². The Morgan fingerprint density at radius 3 is 3.00 bits per heavy atom. The van der Waals surface area contributed by atoms with Gasteiger partial charge in [-0.1, -0.05) is 0 Å². The van der Waals surface area contributed by atoms with Gasteiger partial charge in [-0.3, -0.25) is 9.59 Å². The van der Waals surface area contributed by atoms with Crippen molar-refractivity contribution in [3.8, 4) is 0 Å². The molecule has 1 aliphatic heterocycles. The van der Waals surface area contributed by atoms with Gasteiger partial charge in [0.1, 0.15) is 11.8 Å². The molecule has 1 saturated heterocycles. The fourth-order valence-corrected chi connectivity index (χ4v) is 3.15. The number of carbonyl (C=O) groups excluding carboxylic acids is 2. The van der Waals surface area contributed by atoms with Gasteiger partial charge in [-0.15, -0.1) is 0 Å². The third-order valence-corrected chi connectivity index (χ3v) is 4.55. The summed E-state index contributed by atoms with van der Waals surface area (Å²) in [6.45, 7) is 5.15. The fourth-order valence-electron chi connectivity index (χ4n) is 3.15. The zero-order chi connectivity index (χ0) is 17.1. The lowest BCUT2D eigenvalue weighted by Crippen LogP contribution is -2.45. The smallest absolute Gasteiger partial charge is 0.253 e. The van der Waals surface area contributed by atoms with Gasteiger partial charge in [0.15, 0.2) is 0 Å². The highest BCUT2D eigenvalue weighted by molar-refractivity contribution is 5.98. The van der Waals surface area contributed by atoms with Gasteiger partial charge in [0.2, 0.25) is 5.91 Å². The molecule has 1 atom stereocenters. The van der Waals surface area contributed by atoms with E-state index >= 15 is 0 Å². The number of aromatic nitrogens is 1. The van der Waals surface area contributed by atoms with Crippen molar-refractivity contribution < 1.29 is 14.0 Å². The molecule has 2 aromatic rings. The summed E-state index contributed by atoms with van der Waals surface area (Å²) in [7, 11) is 0. The highest BCUT2D eigenvalue weighted by Gasteiger charge is 2.24. The number of nitrogens with zero attached hydrogens (tertiary/aromatic N) is 1. The summed E-state index contributed by atoms with van der Waals surface area (Å²) < 4.78 is 7.43. The maximum atomic E-state index is 12.6. The summed E-state index contributed by atoms with van der Waals surface area (Å²) in [4.78, 5) is 24.6. The number of hydrogen-bond acceptors (Lipinski definition) is 3. The third-order valence-electron chi connectivity index (χ3n) is 4.55. The molecule has 0 saturated carbocycles. The van der Waals surface area contributed by atoms with Gasteiger partial charge in [0.25, 0.3) is 5.91 Å². The van der Waals surface area contributed by atoms with E-state index in [9.17, 15) is 9.59 Å². The molecule has 0 aromatic carbocycles. The molecule has 1 fully saturated rings. The van der Waals surface area contributed by atoms with Crippen LogP contribution in [0, 0.1) is 13.8 Å². The van der Waals surface area contributed by atoms with Crippen molar-refractivity contribution in [2.24, 2.45) is 0 Å². The molecule has 128 valence electrons. The summed E-state index contributed by atoms with van der Waals surface area (Å²) in [5.41, 5.74) is 2.46. The highest BCUT2D eigenvalue weighted by Crippen LogP contribution is 2.18. The SMILES string of the molecule is Cc1cc(C(=O)N[C@@H]2CCCCNC2=O)c(C)n1Cc1ccco1. The molecule has 6 heteroatoms. The number of amides is 2. The van der Waals surface area contributed by atoms with Crippen molar-refractivity contribution in [3.05, 3.63) is 47.2 Å². The predicted molar refractivity (Wildman–Crippen MR) is 89.8 cm³/mol. The molecule has 3 rings (SSSR count).